The van der Waals surface area contributed by atoms with E-state index in [0.29, 0.717) is 6.61 Å². The summed E-state index contributed by atoms with van der Waals surface area (Å²) in [5, 5.41) is 0. The van der Waals surface area contributed by atoms with E-state index in [-0.39, 0.29) is 6.61 Å². The molecule has 0 aliphatic carbocycles. The topological polar surface area (TPSA) is 35.5 Å². The van der Waals surface area contributed by atoms with E-state index in [9.17, 15) is 4.79 Å². The first-order chi connectivity index (χ1) is 5.81. The first kappa shape index (κ1) is 10.8. The molecule has 0 unspecified atom stereocenters. The number of ether oxygens (including phenoxy) is 2. The molecule has 0 rings (SSSR count). The van der Waals surface area contributed by atoms with Gasteiger partial charge in [-0.15, -0.1) is 5.73 Å². The lowest BCUT2D eigenvalue weighted by atomic mass is 10.4. The molecule has 0 amide bonds. The molecule has 0 radical (unpaired) electrons. The summed E-state index contributed by atoms with van der Waals surface area (Å²) in [6, 6.07) is 0. The second kappa shape index (κ2) is 7.89. The summed E-state index contributed by atoms with van der Waals surface area (Å²) in [5.41, 5.74) is 2.48. The van der Waals surface area contributed by atoms with Crippen molar-refractivity contribution in [1.82, 2.24) is 0 Å². The lowest BCUT2D eigenvalue weighted by molar-refractivity contribution is 0.0623. The Morgan fingerprint density at radius 3 is 2.92 bits per heavy atom. The summed E-state index contributed by atoms with van der Waals surface area (Å²) >= 11 is 0. The molecular formula is C9H14O3. The highest BCUT2D eigenvalue weighted by atomic mass is 16.7. The van der Waals surface area contributed by atoms with Crippen molar-refractivity contribution in [2.75, 3.05) is 13.2 Å². The van der Waals surface area contributed by atoms with E-state index in [4.69, 9.17) is 4.74 Å². The van der Waals surface area contributed by atoms with Gasteiger partial charge in [-0.2, -0.15) is 0 Å². The van der Waals surface area contributed by atoms with Crippen LogP contribution >= 0.6 is 0 Å². The largest absolute Gasteiger partial charge is 0.508 e. The van der Waals surface area contributed by atoms with E-state index in [1.807, 2.05) is 6.92 Å². The molecule has 0 aromatic rings. The van der Waals surface area contributed by atoms with Crippen LogP contribution in [-0.4, -0.2) is 19.4 Å². The Kier molecular flexibility index (Phi) is 7.10. The number of hydrogen-bond acceptors (Lipinski definition) is 3. The van der Waals surface area contributed by atoms with Crippen molar-refractivity contribution in [1.29, 1.82) is 0 Å². The maximum Gasteiger partial charge on any atom is 0.508 e. The van der Waals surface area contributed by atoms with E-state index in [0.717, 1.165) is 12.8 Å². The van der Waals surface area contributed by atoms with Gasteiger partial charge in [0.1, 0.15) is 6.61 Å². The van der Waals surface area contributed by atoms with Crippen molar-refractivity contribution in [3.63, 3.8) is 0 Å². The van der Waals surface area contributed by atoms with Crippen molar-refractivity contribution in [3.05, 3.63) is 18.4 Å². The van der Waals surface area contributed by atoms with Gasteiger partial charge in [-0.05, 0) is 12.5 Å². The zero-order chi connectivity index (χ0) is 9.23. The molecule has 0 spiro atoms. The van der Waals surface area contributed by atoms with Crippen molar-refractivity contribution >= 4 is 6.16 Å². The van der Waals surface area contributed by atoms with Crippen LogP contribution in [0.25, 0.3) is 0 Å². The lowest BCUT2D eigenvalue weighted by Crippen LogP contribution is -2.08. The average molecular weight is 170 g/mol. The lowest BCUT2D eigenvalue weighted by Gasteiger charge is -2.02. The molecule has 0 fully saturated rings. The minimum Gasteiger partial charge on any atom is -0.434 e. The fraction of sp³-hybridized carbons (Fsp3) is 0.556. The molecule has 0 bridgehead atoms. The number of unbranched alkanes of at least 4 members (excludes halogenated alkanes) is 1. The molecule has 0 N–H and O–H groups in total. The van der Waals surface area contributed by atoms with Crippen molar-refractivity contribution in [2.24, 2.45) is 0 Å². The Labute approximate surface area is 72.7 Å². The molecule has 0 saturated heterocycles. The van der Waals surface area contributed by atoms with Crippen LogP contribution in [0, 0.1) is 0 Å². The quantitative estimate of drug-likeness (QED) is 0.360. The predicted octanol–water partition coefficient (Wildman–Crippen LogP) is 2.28. The zero-order valence-electron chi connectivity index (χ0n) is 7.34. The Hall–Kier alpha value is -1.21. The van der Waals surface area contributed by atoms with Gasteiger partial charge in [0.05, 0.1) is 6.61 Å². The van der Waals surface area contributed by atoms with Crippen LogP contribution in [-0.2, 0) is 9.47 Å². The molecule has 68 valence electrons. The molecule has 0 aromatic carbocycles. The fourth-order valence-electron chi connectivity index (χ4n) is 0.510. The SMILES string of the molecule is C=C=CCOC(=O)OCCCC. The number of carbonyl (C=O) groups excluding carboxylic acids is 1. The second-order valence-corrected chi connectivity index (χ2v) is 2.17. The first-order valence-electron chi connectivity index (χ1n) is 3.95. The van der Waals surface area contributed by atoms with Crippen molar-refractivity contribution < 1.29 is 14.3 Å². The molecular weight excluding hydrogens is 156 g/mol. The van der Waals surface area contributed by atoms with Gasteiger partial charge in [0.2, 0.25) is 0 Å². The molecule has 0 heterocycles. The number of hydrogen-bond donors (Lipinski definition) is 0. The van der Waals surface area contributed by atoms with Crippen LogP contribution < -0.4 is 0 Å². The molecule has 0 atom stereocenters. The average Bonchev–Trinajstić information content (AvgIpc) is 2.06. The highest BCUT2D eigenvalue weighted by molar-refractivity contribution is 5.59. The van der Waals surface area contributed by atoms with Crippen LogP contribution in [0.2, 0.25) is 0 Å². The molecule has 0 aliphatic rings. The third kappa shape index (κ3) is 6.90. The molecule has 0 saturated carbocycles. The standard InChI is InChI=1S/C9H14O3/c1-3-5-7-11-9(10)12-8-6-4-2/h5H,1,4,6-8H2,2H3. The first-order valence-corrected chi connectivity index (χ1v) is 3.95. The van der Waals surface area contributed by atoms with Gasteiger partial charge in [-0.25, -0.2) is 4.79 Å². The zero-order valence-corrected chi connectivity index (χ0v) is 7.34. The molecule has 0 aromatic heterocycles. The summed E-state index contributed by atoms with van der Waals surface area (Å²) in [4.78, 5) is 10.7. The number of carbonyl (C=O) groups is 1. The number of rotatable bonds is 5. The van der Waals surface area contributed by atoms with E-state index in [1.165, 1.54) is 6.08 Å². The summed E-state index contributed by atoms with van der Waals surface area (Å²) < 4.78 is 9.31. The van der Waals surface area contributed by atoms with Gasteiger partial charge in [0, 0.05) is 0 Å². The van der Waals surface area contributed by atoms with Gasteiger partial charge in [-0.1, -0.05) is 19.9 Å². The van der Waals surface area contributed by atoms with E-state index < -0.39 is 6.16 Å². The Bertz CT molecular complexity index is 169. The van der Waals surface area contributed by atoms with E-state index >= 15 is 0 Å². The smallest absolute Gasteiger partial charge is 0.434 e. The Morgan fingerprint density at radius 1 is 1.58 bits per heavy atom. The maximum atomic E-state index is 10.7. The highest BCUT2D eigenvalue weighted by Gasteiger charge is 1.99. The maximum absolute atomic E-state index is 10.7. The molecule has 0 aliphatic heterocycles. The van der Waals surface area contributed by atoms with Crippen LogP contribution in [0.4, 0.5) is 4.79 Å². The molecule has 12 heavy (non-hydrogen) atoms. The third-order valence-corrected chi connectivity index (χ3v) is 1.15. The summed E-state index contributed by atoms with van der Waals surface area (Å²) in [5.74, 6) is 0. The Morgan fingerprint density at radius 2 is 2.33 bits per heavy atom. The molecule has 3 heteroatoms. The predicted molar refractivity (Wildman–Crippen MR) is 45.9 cm³/mol. The van der Waals surface area contributed by atoms with Gasteiger partial charge < -0.3 is 9.47 Å². The van der Waals surface area contributed by atoms with Crippen molar-refractivity contribution in [3.8, 4) is 0 Å². The highest BCUT2D eigenvalue weighted by Crippen LogP contribution is 1.91. The van der Waals surface area contributed by atoms with Crippen LogP contribution in [0.15, 0.2) is 18.4 Å². The van der Waals surface area contributed by atoms with Crippen LogP contribution in [0.1, 0.15) is 19.8 Å². The normalized spacial score (nSPS) is 8.42. The molecule has 3 nitrogen and oxygen atoms in total. The minimum atomic E-state index is -0.630. The van der Waals surface area contributed by atoms with E-state index in [1.54, 1.807) is 0 Å². The minimum absolute atomic E-state index is 0.175. The monoisotopic (exact) mass is 170 g/mol. The summed E-state index contributed by atoms with van der Waals surface area (Å²) in [6.45, 7) is 5.94. The summed E-state index contributed by atoms with van der Waals surface area (Å²) in [6.07, 6.45) is 2.75. The van der Waals surface area contributed by atoms with Crippen LogP contribution in [0.5, 0.6) is 0 Å². The van der Waals surface area contributed by atoms with Gasteiger partial charge in [-0.3, -0.25) is 0 Å². The van der Waals surface area contributed by atoms with E-state index in [2.05, 4.69) is 17.0 Å². The second-order valence-electron chi connectivity index (χ2n) is 2.17. The van der Waals surface area contributed by atoms with Gasteiger partial charge in [0.25, 0.3) is 0 Å². The fourth-order valence-corrected chi connectivity index (χ4v) is 0.510. The van der Waals surface area contributed by atoms with Gasteiger partial charge in [0.15, 0.2) is 0 Å². The van der Waals surface area contributed by atoms with Crippen molar-refractivity contribution in [2.45, 2.75) is 19.8 Å². The van der Waals surface area contributed by atoms with Crippen LogP contribution in [0.3, 0.4) is 0 Å². The third-order valence-electron chi connectivity index (χ3n) is 1.15. The Balaban J connectivity index is 3.27. The summed E-state index contributed by atoms with van der Waals surface area (Å²) in [7, 11) is 0. The van der Waals surface area contributed by atoms with Gasteiger partial charge >= 0.3 is 6.16 Å².